The van der Waals surface area contributed by atoms with E-state index in [0.717, 1.165) is 13.0 Å². The van der Waals surface area contributed by atoms with Crippen LogP contribution in [0.25, 0.3) is 0 Å². The van der Waals surface area contributed by atoms with Gasteiger partial charge in [-0.15, -0.1) is 0 Å². The molecule has 0 saturated carbocycles. The van der Waals surface area contributed by atoms with E-state index in [1.807, 2.05) is 0 Å². The van der Waals surface area contributed by atoms with E-state index in [9.17, 15) is 0 Å². The van der Waals surface area contributed by atoms with Crippen molar-refractivity contribution in [2.45, 2.75) is 60.4 Å². The maximum absolute atomic E-state index is 5.99. The fourth-order valence-corrected chi connectivity index (χ4v) is 1.63. The molecular formula is C12H24O2. The summed E-state index contributed by atoms with van der Waals surface area (Å²) in [5, 5.41) is 0. The van der Waals surface area contributed by atoms with E-state index in [1.165, 1.54) is 0 Å². The largest absolute Gasteiger partial charge is 0.352 e. The maximum Gasteiger partial charge on any atom is 0.162 e. The average molecular weight is 200 g/mol. The molecule has 0 aliphatic carbocycles. The van der Waals surface area contributed by atoms with Crippen LogP contribution >= 0.6 is 0 Å². The summed E-state index contributed by atoms with van der Waals surface area (Å²) in [5.74, 6) is 0. The van der Waals surface area contributed by atoms with E-state index >= 15 is 0 Å². The molecule has 1 heterocycles. The maximum atomic E-state index is 5.99. The van der Waals surface area contributed by atoms with Crippen LogP contribution in [0.5, 0.6) is 0 Å². The summed E-state index contributed by atoms with van der Waals surface area (Å²) in [4.78, 5) is 0. The van der Waals surface area contributed by atoms with Crippen molar-refractivity contribution >= 4 is 0 Å². The van der Waals surface area contributed by atoms with Crippen LogP contribution < -0.4 is 0 Å². The SMILES string of the molecule is CC(C)(C)C1CCOC(C(C)(C)C)O1. The smallest absolute Gasteiger partial charge is 0.162 e. The zero-order chi connectivity index (χ0) is 11.0. The number of hydrogen-bond donors (Lipinski definition) is 0. The number of hydrogen-bond acceptors (Lipinski definition) is 2. The van der Waals surface area contributed by atoms with Crippen LogP contribution in [-0.4, -0.2) is 19.0 Å². The van der Waals surface area contributed by atoms with Crippen LogP contribution in [0.15, 0.2) is 0 Å². The van der Waals surface area contributed by atoms with Crippen LogP contribution in [0, 0.1) is 10.8 Å². The Balaban J connectivity index is 2.61. The molecular weight excluding hydrogens is 176 g/mol. The summed E-state index contributed by atoms with van der Waals surface area (Å²) in [6.07, 6.45) is 1.27. The van der Waals surface area contributed by atoms with E-state index < -0.39 is 0 Å². The lowest BCUT2D eigenvalue weighted by Gasteiger charge is -2.42. The molecule has 0 N–H and O–H groups in total. The van der Waals surface area contributed by atoms with Gasteiger partial charge in [-0.3, -0.25) is 0 Å². The van der Waals surface area contributed by atoms with Gasteiger partial charge in [0.1, 0.15) is 0 Å². The summed E-state index contributed by atoms with van der Waals surface area (Å²) in [7, 11) is 0. The Kier molecular flexibility index (Phi) is 3.27. The minimum Gasteiger partial charge on any atom is -0.352 e. The minimum atomic E-state index is -0.0551. The first-order valence-corrected chi connectivity index (χ1v) is 5.48. The summed E-state index contributed by atoms with van der Waals surface area (Å²) in [6.45, 7) is 14.0. The Hall–Kier alpha value is -0.0800. The number of ether oxygens (including phenoxy) is 2. The summed E-state index contributed by atoms with van der Waals surface area (Å²) in [6, 6.07) is 0. The Morgan fingerprint density at radius 1 is 0.929 bits per heavy atom. The highest BCUT2D eigenvalue weighted by Crippen LogP contribution is 2.34. The van der Waals surface area contributed by atoms with Gasteiger partial charge >= 0.3 is 0 Å². The lowest BCUT2D eigenvalue weighted by molar-refractivity contribution is -0.270. The van der Waals surface area contributed by atoms with Gasteiger partial charge in [0.15, 0.2) is 6.29 Å². The van der Waals surface area contributed by atoms with Gasteiger partial charge in [0.25, 0.3) is 0 Å². The molecule has 0 amide bonds. The van der Waals surface area contributed by atoms with E-state index in [4.69, 9.17) is 9.47 Å². The minimum absolute atomic E-state index is 0.0551. The first kappa shape index (κ1) is 12.0. The fraction of sp³-hybridized carbons (Fsp3) is 1.00. The van der Waals surface area contributed by atoms with Crippen LogP contribution in [0.2, 0.25) is 0 Å². The van der Waals surface area contributed by atoms with Crippen LogP contribution in [0.1, 0.15) is 48.0 Å². The third-order valence-electron chi connectivity index (χ3n) is 2.61. The van der Waals surface area contributed by atoms with Gasteiger partial charge in [-0.25, -0.2) is 0 Å². The van der Waals surface area contributed by atoms with E-state index in [1.54, 1.807) is 0 Å². The Bertz CT molecular complexity index is 165. The topological polar surface area (TPSA) is 18.5 Å². The molecule has 1 saturated heterocycles. The molecule has 14 heavy (non-hydrogen) atoms. The van der Waals surface area contributed by atoms with Gasteiger partial charge in [-0.1, -0.05) is 41.5 Å². The number of rotatable bonds is 0. The van der Waals surface area contributed by atoms with E-state index in [-0.39, 0.29) is 17.1 Å². The zero-order valence-electron chi connectivity index (χ0n) is 10.4. The molecule has 2 atom stereocenters. The first-order valence-electron chi connectivity index (χ1n) is 5.48. The van der Waals surface area contributed by atoms with Crippen molar-refractivity contribution < 1.29 is 9.47 Å². The predicted molar refractivity (Wildman–Crippen MR) is 58.1 cm³/mol. The summed E-state index contributed by atoms with van der Waals surface area (Å²) >= 11 is 0. The highest BCUT2D eigenvalue weighted by molar-refractivity contribution is 4.80. The van der Waals surface area contributed by atoms with Crippen molar-refractivity contribution in [1.82, 2.24) is 0 Å². The highest BCUT2D eigenvalue weighted by atomic mass is 16.7. The van der Waals surface area contributed by atoms with Crippen molar-refractivity contribution in [3.05, 3.63) is 0 Å². The molecule has 1 fully saturated rings. The van der Waals surface area contributed by atoms with Crippen molar-refractivity contribution in [2.24, 2.45) is 10.8 Å². The molecule has 0 aromatic heterocycles. The summed E-state index contributed by atoms with van der Waals surface area (Å²) < 4.78 is 11.6. The van der Waals surface area contributed by atoms with Crippen molar-refractivity contribution in [3.8, 4) is 0 Å². The second kappa shape index (κ2) is 3.82. The molecule has 2 heteroatoms. The Morgan fingerprint density at radius 3 is 1.93 bits per heavy atom. The quantitative estimate of drug-likeness (QED) is 0.598. The Morgan fingerprint density at radius 2 is 1.50 bits per heavy atom. The molecule has 0 spiro atoms. The van der Waals surface area contributed by atoms with Crippen LogP contribution in [0.4, 0.5) is 0 Å². The lowest BCUT2D eigenvalue weighted by Crippen LogP contribution is -2.45. The zero-order valence-corrected chi connectivity index (χ0v) is 10.4. The third kappa shape index (κ3) is 2.96. The van der Waals surface area contributed by atoms with Gasteiger partial charge in [0, 0.05) is 5.41 Å². The second-order valence-corrected chi connectivity index (χ2v) is 6.35. The molecule has 2 unspecified atom stereocenters. The van der Waals surface area contributed by atoms with Gasteiger partial charge in [-0.2, -0.15) is 0 Å². The van der Waals surface area contributed by atoms with E-state index in [2.05, 4.69) is 41.5 Å². The van der Waals surface area contributed by atoms with Gasteiger partial charge in [0.2, 0.25) is 0 Å². The molecule has 2 nitrogen and oxygen atoms in total. The molecule has 0 bridgehead atoms. The van der Waals surface area contributed by atoms with Crippen LogP contribution in [-0.2, 0) is 9.47 Å². The van der Waals surface area contributed by atoms with Gasteiger partial charge in [-0.05, 0) is 11.8 Å². The third-order valence-corrected chi connectivity index (χ3v) is 2.61. The van der Waals surface area contributed by atoms with Crippen LogP contribution in [0.3, 0.4) is 0 Å². The molecule has 0 aromatic rings. The standard InChI is InChI=1S/C12H24O2/c1-11(2,3)9-7-8-13-10(14-9)12(4,5)6/h9-10H,7-8H2,1-6H3. The van der Waals surface area contributed by atoms with Crippen molar-refractivity contribution in [2.75, 3.05) is 6.61 Å². The predicted octanol–water partition coefficient (Wildman–Crippen LogP) is 3.21. The molecule has 0 radical (unpaired) electrons. The molecule has 84 valence electrons. The molecule has 1 rings (SSSR count). The van der Waals surface area contributed by atoms with Gasteiger partial charge < -0.3 is 9.47 Å². The molecule has 0 aromatic carbocycles. The highest BCUT2D eigenvalue weighted by Gasteiger charge is 2.37. The normalized spacial score (nSPS) is 30.4. The fourth-order valence-electron chi connectivity index (χ4n) is 1.63. The second-order valence-electron chi connectivity index (χ2n) is 6.35. The van der Waals surface area contributed by atoms with Crippen molar-refractivity contribution in [3.63, 3.8) is 0 Å². The van der Waals surface area contributed by atoms with E-state index in [0.29, 0.717) is 6.10 Å². The monoisotopic (exact) mass is 200 g/mol. The first-order chi connectivity index (χ1) is 6.21. The average Bonchev–Trinajstić information content (AvgIpc) is 2.01. The lowest BCUT2D eigenvalue weighted by atomic mass is 9.86. The summed E-state index contributed by atoms with van der Waals surface area (Å²) in [5.41, 5.74) is 0.289. The molecule has 1 aliphatic heterocycles. The Labute approximate surface area is 88.0 Å². The van der Waals surface area contributed by atoms with Crippen molar-refractivity contribution in [1.29, 1.82) is 0 Å². The molecule has 1 aliphatic rings. The van der Waals surface area contributed by atoms with Gasteiger partial charge in [0.05, 0.1) is 12.7 Å².